The van der Waals surface area contributed by atoms with Crippen molar-refractivity contribution in [3.63, 3.8) is 0 Å². The smallest absolute Gasteiger partial charge is 0.394 e. The van der Waals surface area contributed by atoms with E-state index in [4.69, 9.17) is 49.0 Å². The minimum absolute atomic E-state index is 0.0617. The number of unbranched alkanes of at least 4 members (excludes halogenated alkanes) is 1. The number of aliphatic hydroxyl groups excluding tert-OH is 1. The van der Waals surface area contributed by atoms with Crippen LogP contribution in [0.25, 0.3) is 0 Å². The number of rotatable bonds is 13. The van der Waals surface area contributed by atoms with Crippen LogP contribution < -0.4 is 0 Å². The van der Waals surface area contributed by atoms with Crippen molar-refractivity contribution in [3.05, 3.63) is 0 Å². The molecule has 5 nitrogen and oxygen atoms in total. The molecular formula is C10H21Cl3NO4P. The normalized spacial score (nSPS) is 14.8. The van der Waals surface area contributed by atoms with E-state index in [0.717, 1.165) is 6.42 Å². The number of alkyl halides is 3. The first-order valence-corrected chi connectivity index (χ1v) is 9.17. The molecule has 0 aromatic rings. The van der Waals surface area contributed by atoms with E-state index in [2.05, 4.69) is 0 Å². The maximum atomic E-state index is 12.6. The average Bonchev–Trinajstić information content (AvgIpc) is 2.41. The predicted molar refractivity (Wildman–Crippen MR) is 79.6 cm³/mol. The van der Waals surface area contributed by atoms with Crippen LogP contribution in [-0.2, 0) is 13.6 Å². The fourth-order valence-corrected chi connectivity index (χ4v) is 3.88. The highest BCUT2D eigenvalue weighted by Gasteiger charge is 2.32. The second kappa shape index (κ2) is 12.7. The summed E-state index contributed by atoms with van der Waals surface area (Å²) in [4.78, 5) is 0. The zero-order valence-electron chi connectivity index (χ0n) is 10.8. The molecule has 0 rings (SSSR count). The van der Waals surface area contributed by atoms with Crippen molar-refractivity contribution in [2.45, 2.75) is 12.8 Å². The molecule has 0 saturated heterocycles. The van der Waals surface area contributed by atoms with Crippen LogP contribution in [0.4, 0.5) is 0 Å². The summed E-state index contributed by atoms with van der Waals surface area (Å²) in [5, 5.41) is 8.79. The van der Waals surface area contributed by atoms with Crippen molar-refractivity contribution in [1.29, 1.82) is 0 Å². The van der Waals surface area contributed by atoms with Crippen molar-refractivity contribution in [1.82, 2.24) is 4.67 Å². The number of aliphatic hydroxyl groups is 1. The van der Waals surface area contributed by atoms with Crippen LogP contribution in [0, 0.1) is 0 Å². The van der Waals surface area contributed by atoms with Gasteiger partial charge in [0.25, 0.3) is 0 Å². The highest BCUT2D eigenvalue weighted by molar-refractivity contribution is 7.51. The molecule has 0 fully saturated rings. The van der Waals surface area contributed by atoms with Crippen LogP contribution in [0.2, 0.25) is 0 Å². The Bertz CT molecular complexity index is 255. The fraction of sp³-hybridized carbons (Fsp3) is 1.00. The van der Waals surface area contributed by atoms with E-state index in [1.807, 2.05) is 0 Å². The lowest BCUT2D eigenvalue weighted by atomic mass is 10.4. The third-order valence-electron chi connectivity index (χ3n) is 2.16. The molecule has 1 atom stereocenters. The first-order chi connectivity index (χ1) is 9.14. The molecule has 0 aliphatic heterocycles. The van der Waals surface area contributed by atoms with Gasteiger partial charge in [0.05, 0.1) is 19.8 Å². The molecule has 1 unspecified atom stereocenters. The Kier molecular flexibility index (Phi) is 13.3. The Balaban J connectivity index is 4.55. The molecule has 0 bridgehead atoms. The van der Waals surface area contributed by atoms with Gasteiger partial charge in [0.2, 0.25) is 0 Å². The van der Waals surface area contributed by atoms with Crippen LogP contribution in [0.1, 0.15) is 12.8 Å². The molecule has 1 N–H and O–H groups in total. The maximum absolute atomic E-state index is 12.6. The lowest BCUT2D eigenvalue weighted by molar-refractivity contribution is 0.131. The summed E-state index contributed by atoms with van der Waals surface area (Å²) >= 11 is 16.9. The van der Waals surface area contributed by atoms with Gasteiger partial charge in [-0.3, -0.25) is 9.05 Å². The minimum atomic E-state index is -3.46. The maximum Gasteiger partial charge on any atom is 0.408 e. The SMILES string of the molecule is O=P(OCCO)(OCCCCCl)N(CCCl)CCCl. The molecule has 9 heteroatoms. The molecule has 116 valence electrons. The van der Waals surface area contributed by atoms with Crippen LogP contribution in [0.5, 0.6) is 0 Å². The predicted octanol–water partition coefficient (Wildman–Crippen LogP) is 2.92. The van der Waals surface area contributed by atoms with Crippen LogP contribution in [0.15, 0.2) is 0 Å². The molecule has 0 heterocycles. The second-order valence-corrected chi connectivity index (χ2v) is 6.74. The quantitative estimate of drug-likeness (QED) is 0.312. The molecule has 0 saturated carbocycles. The van der Waals surface area contributed by atoms with Crippen LogP contribution in [-0.4, -0.2) is 60.3 Å². The largest absolute Gasteiger partial charge is 0.408 e. The van der Waals surface area contributed by atoms with Gasteiger partial charge >= 0.3 is 7.75 Å². The average molecular weight is 357 g/mol. The summed E-state index contributed by atoms with van der Waals surface area (Å²) in [5.74, 6) is 1.10. The number of hydrogen-bond acceptors (Lipinski definition) is 4. The highest BCUT2D eigenvalue weighted by atomic mass is 35.5. The highest BCUT2D eigenvalue weighted by Crippen LogP contribution is 2.51. The number of hydrogen-bond donors (Lipinski definition) is 1. The van der Waals surface area contributed by atoms with E-state index in [-0.39, 0.29) is 31.6 Å². The van der Waals surface area contributed by atoms with E-state index in [1.54, 1.807) is 0 Å². The van der Waals surface area contributed by atoms with Crippen molar-refractivity contribution >= 4 is 42.5 Å². The van der Waals surface area contributed by atoms with Crippen LogP contribution in [0.3, 0.4) is 0 Å². The first-order valence-electron chi connectivity index (χ1n) is 6.08. The van der Waals surface area contributed by atoms with Gasteiger partial charge in [-0.2, -0.15) is 0 Å². The Hall–Kier alpha value is 0.940. The Morgan fingerprint density at radius 3 is 2.00 bits per heavy atom. The van der Waals surface area contributed by atoms with E-state index in [1.165, 1.54) is 4.67 Å². The van der Waals surface area contributed by atoms with E-state index in [9.17, 15) is 4.57 Å². The molecule has 0 aliphatic rings. The zero-order chi connectivity index (χ0) is 14.6. The van der Waals surface area contributed by atoms with Gasteiger partial charge in [-0.25, -0.2) is 9.24 Å². The third-order valence-corrected chi connectivity index (χ3v) is 4.88. The number of halogens is 3. The van der Waals surface area contributed by atoms with Gasteiger partial charge in [-0.05, 0) is 12.8 Å². The molecule has 0 aromatic carbocycles. The van der Waals surface area contributed by atoms with E-state index >= 15 is 0 Å². The summed E-state index contributed by atoms with van der Waals surface area (Å²) in [6.45, 7) is 0.661. The molecule has 0 aliphatic carbocycles. The lowest BCUT2D eigenvalue weighted by Gasteiger charge is -2.29. The monoisotopic (exact) mass is 355 g/mol. The molecule has 0 aromatic heterocycles. The summed E-state index contributed by atoms with van der Waals surface area (Å²) in [5.41, 5.74) is 0. The van der Waals surface area contributed by atoms with Gasteiger partial charge in [0, 0.05) is 30.7 Å². The lowest BCUT2D eigenvalue weighted by Crippen LogP contribution is -2.28. The molecule has 0 radical (unpaired) electrons. The van der Waals surface area contributed by atoms with Gasteiger partial charge in [0.1, 0.15) is 0 Å². The van der Waals surface area contributed by atoms with Gasteiger partial charge in [0.15, 0.2) is 0 Å². The standard InChI is InChI=1S/C10H21Cl3NO4P/c11-3-1-2-9-17-19(16,18-10-8-15)14(6-4-12)7-5-13/h15H,1-10H2. The third kappa shape index (κ3) is 8.74. The summed E-state index contributed by atoms with van der Waals surface area (Å²) in [6.07, 6.45) is 1.46. The van der Waals surface area contributed by atoms with E-state index < -0.39 is 7.75 Å². The Morgan fingerprint density at radius 1 is 0.947 bits per heavy atom. The van der Waals surface area contributed by atoms with Gasteiger partial charge in [-0.15, -0.1) is 34.8 Å². The molecule has 0 spiro atoms. The minimum Gasteiger partial charge on any atom is -0.394 e. The van der Waals surface area contributed by atoms with Crippen LogP contribution >= 0.6 is 42.5 Å². The number of nitrogens with zero attached hydrogens (tertiary/aromatic N) is 1. The summed E-state index contributed by atoms with van der Waals surface area (Å²) in [7, 11) is -3.46. The molecule has 19 heavy (non-hydrogen) atoms. The van der Waals surface area contributed by atoms with Gasteiger partial charge < -0.3 is 5.11 Å². The Morgan fingerprint density at radius 2 is 1.53 bits per heavy atom. The van der Waals surface area contributed by atoms with Crippen molar-refractivity contribution in [2.75, 3.05) is 50.6 Å². The topological polar surface area (TPSA) is 59.0 Å². The molecule has 0 amide bonds. The van der Waals surface area contributed by atoms with E-state index in [0.29, 0.717) is 25.4 Å². The van der Waals surface area contributed by atoms with Gasteiger partial charge in [-0.1, -0.05) is 0 Å². The summed E-state index contributed by atoms with van der Waals surface area (Å²) in [6, 6.07) is 0. The van der Waals surface area contributed by atoms with Crippen molar-refractivity contribution in [2.24, 2.45) is 0 Å². The van der Waals surface area contributed by atoms with Crippen molar-refractivity contribution in [3.8, 4) is 0 Å². The Labute approximate surface area is 129 Å². The summed E-state index contributed by atoms with van der Waals surface area (Å²) < 4.78 is 24.7. The fourth-order valence-electron chi connectivity index (χ4n) is 1.29. The second-order valence-electron chi connectivity index (χ2n) is 3.59. The van der Waals surface area contributed by atoms with Crippen molar-refractivity contribution < 1.29 is 18.7 Å². The molecular weight excluding hydrogens is 335 g/mol. The zero-order valence-corrected chi connectivity index (χ0v) is 13.9. The first kappa shape index (κ1) is 19.9.